The van der Waals surface area contributed by atoms with Crippen molar-refractivity contribution in [2.24, 2.45) is 16.8 Å². The summed E-state index contributed by atoms with van der Waals surface area (Å²) >= 11 is 0. The summed E-state index contributed by atoms with van der Waals surface area (Å²) in [6.07, 6.45) is 1.85. The van der Waals surface area contributed by atoms with Crippen LogP contribution in [0.15, 0.2) is 4.99 Å². The van der Waals surface area contributed by atoms with Gasteiger partial charge in [-0.25, -0.2) is 5.84 Å². The molecule has 0 aromatic carbocycles. The molecule has 16 heavy (non-hydrogen) atoms. The zero-order valence-electron chi connectivity index (χ0n) is 10.0. The van der Waals surface area contributed by atoms with Crippen LogP contribution in [0.5, 0.6) is 0 Å². The van der Waals surface area contributed by atoms with Crippen LogP contribution in [0.3, 0.4) is 0 Å². The average molecular weight is 246 g/mol. The van der Waals surface area contributed by atoms with E-state index in [0.717, 1.165) is 30.9 Å². The van der Waals surface area contributed by atoms with Gasteiger partial charge in [-0.05, 0) is 18.8 Å². The van der Waals surface area contributed by atoms with Gasteiger partial charge >= 0.3 is 0 Å². The van der Waals surface area contributed by atoms with Gasteiger partial charge in [-0.15, -0.1) is 0 Å². The monoisotopic (exact) mass is 246 g/mol. The third-order valence-electron chi connectivity index (χ3n) is 2.48. The minimum Gasteiger partial charge on any atom is -0.353 e. The van der Waals surface area contributed by atoms with Crippen molar-refractivity contribution in [3.05, 3.63) is 0 Å². The van der Waals surface area contributed by atoms with Crippen LogP contribution in [-0.2, 0) is 10.8 Å². The maximum Gasteiger partial charge on any atom is 0.205 e. The van der Waals surface area contributed by atoms with Crippen molar-refractivity contribution in [1.29, 1.82) is 0 Å². The smallest absolute Gasteiger partial charge is 0.205 e. The van der Waals surface area contributed by atoms with Crippen LogP contribution >= 0.6 is 0 Å². The minimum atomic E-state index is -0.620. The van der Waals surface area contributed by atoms with Crippen LogP contribution in [0.1, 0.15) is 26.7 Å². The lowest BCUT2D eigenvalue weighted by atomic mass is 10.1. The van der Waals surface area contributed by atoms with E-state index in [1.807, 2.05) is 0 Å². The number of nitrogens with two attached hydrogens (primary N) is 1. The first-order valence-corrected chi connectivity index (χ1v) is 7.23. The molecule has 1 aliphatic heterocycles. The van der Waals surface area contributed by atoms with E-state index in [4.69, 9.17) is 5.84 Å². The van der Waals surface area contributed by atoms with E-state index in [9.17, 15) is 4.21 Å². The van der Waals surface area contributed by atoms with Crippen LogP contribution in [0, 0.1) is 5.92 Å². The topological polar surface area (TPSA) is 79.5 Å². The van der Waals surface area contributed by atoms with Gasteiger partial charge in [0, 0.05) is 34.9 Å². The number of nitrogens with one attached hydrogen (secondary N) is 2. The first-order chi connectivity index (χ1) is 7.61. The number of hydrogen-bond donors (Lipinski definition) is 3. The number of nitrogens with zero attached hydrogens (tertiary/aromatic N) is 1. The van der Waals surface area contributed by atoms with Crippen LogP contribution < -0.4 is 16.6 Å². The lowest BCUT2D eigenvalue weighted by molar-refractivity contribution is 0.540. The van der Waals surface area contributed by atoms with E-state index in [1.165, 1.54) is 0 Å². The molecule has 0 bridgehead atoms. The fraction of sp³-hybridized carbons (Fsp3) is 0.900. The summed E-state index contributed by atoms with van der Waals surface area (Å²) in [6, 6.07) is 0.347. The molecular weight excluding hydrogens is 224 g/mol. The average Bonchev–Trinajstić information content (AvgIpc) is 2.26. The summed E-state index contributed by atoms with van der Waals surface area (Å²) in [5, 5.41) is 3.26. The van der Waals surface area contributed by atoms with Gasteiger partial charge in [-0.3, -0.25) is 14.6 Å². The van der Waals surface area contributed by atoms with Crippen molar-refractivity contribution in [2.45, 2.75) is 32.7 Å². The molecule has 94 valence electrons. The summed E-state index contributed by atoms with van der Waals surface area (Å²) in [4.78, 5) is 4.35. The van der Waals surface area contributed by atoms with Crippen LogP contribution in [0.4, 0.5) is 0 Å². The number of hydrazine groups is 1. The maximum absolute atomic E-state index is 11.2. The molecule has 1 aliphatic rings. The second-order valence-electron chi connectivity index (χ2n) is 4.49. The number of guanidine groups is 1. The van der Waals surface area contributed by atoms with Gasteiger partial charge in [0.2, 0.25) is 5.96 Å². The molecule has 5 nitrogen and oxygen atoms in total. The molecule has 0 atom stereocenters. The summed E-state index contributed by atoms with van der Waals surface area (Å²) < 4.78 is 11.2. The maximum atomic E-state index is 11.2. The molecule has 0 aromatic heterocycles. The van der Waals surface area contributed by atoms with E-state index in [0.29, 0.717) is 17.9 Å². The van der Waals surface area contributed by atoms with Gasteiger partial charge in [-0.1, -0.05) is 13.8 Å². The van der Waals surface area contributed by atoms with E-state index in [1.54, 1.807) is 0 Å². The van der Waals surface area contributed by atoms with Gasteiger partial charge in [-0.2, -0.15) is 0 Å². The molecule has 0 amide bonds. The number of rotatable bonds is 3. The molecular formula is C10H22N4OS. The lowest BCUT2D eigenvalue weighted by Gasteiger charge is -2.24. The minimum absolute atomic E-state index is 0.347. The van der Waals surface area contributed by atoms with Gasteiger partial charge in [0.05, 0.1) is 0 Å². The number of aliphatic imine (C=N–C) groups is 1. The SMILES string of the molecule is CC(C)CN=C(NN)NC1CCS(=O)CC1. The molecule has 0 aromatic rings. The Bertz CT molecular complexity index is 258. The summed E-state index contributed by atoms with van der Waals surface area (Å²) in [6.45, 7) is 4.98. The standard InChI is InChI=1S/C10H22N4OS/c1-8(2)7-12-10(14-11)13-9-3-5-16(15)6-4-9/h8-9H,3-7,11H2,1-2H3,(H2,12,13,14). The molecule has 1 rings (SSSR count). The van der Waals surface area contributed by atoms with Crippen molar-refractivity contribution >= 4 is 16.8 Å². The molecule has 0 spiro atoms. The highest BCUT2D eigenvalue weighted by molar-refractivity contribution is 7.85. The first-order valence-electron chi connectivity index (χ1n) is 5.74. The molecule has 0 aliphatic carbocycles. The molecule has 1 heterocycles. The Kier molecular flexibility index (Phi) is 5.76. The zero-order chi connectivity index (χ0) is 12.0. The molecule has 4 N–H and O–H groups in total. The van der Waals surface area contributed by atoms with Gasteiger partial charge in [0.25, 0.3) is 0 Å². The second kappa shape index (κ2) is 6.85. The predicted octanol–water partition coefficient (Wildman–Crippen LogP) is -0.0376. The fourth-order valence-corrected chi connectivity index (χ4v) is 2.84. The molecule has 1 saturated heterocycles. The third kappa shape index (κ3) is 4.94. The van der Waals surface area contributed by atoms with Crippen molar-refractivity contribution in [1.82, 2.24) is 10.7 Å². The number of hydrogen-bond acceptors (Lipinski definition) is 3. The highest BCUT2D eigenvalue weighted by Gasteiger charge is 2.18. The Morgan fingerprint density at radius 3 is 2.62 bits per heavy atom. The Hall–Kier alpha value is -0.620. The quantitative estimate of drug-likeness (QED) is 0.283. The Morgan fingerprint density at radius 2 is 2.12 bits per heavy atom. The molecule has 1 fully saturated rings. The van der Waals surface area contributed by atoms with Gasteiger partial charge < -0.3 is 5.32 Å². The Morgan fingerprint density at radius 1 is 1.50 bits per heavy atom. The fourth-order valence-electron chi connectivity index (χ4n) is 1.54. The summed E-state index contributed by atoms with van der Waals surface area (Å²) in [5.74, 6) is 8.12. The Balaban J connectivity index is 2.38. The first kappa shape index (κ1) is 13.4. The lowest BCUT2D eigenvalue weighted by Crippen LogP contribution is -2.48. The van der Waals surface area contributed by atoms with Crippen LogP contribution in [0.25, 0.3) is 0 Å². The van der Waals surface area contributed by atoms with Crippen molar-refractivity contribution in [3.8, 4) is 0 Å². The highest BCUT2D eigenvalue weighted by Crippen LogP contribution is 2.08. The van der Waals surface area contributed by atoms with Gasteiger partial charge in [0.1, 0.15) is 0 Å². The van der Waals surface area contributed by atoms with Crippen molar-refractivity contribution in [2.75, 3.05) is 18.1 Å². The summed E-state index contributed by atoms with van der Waals surface area (Å²) in [7, 11) is -0.620. The Labute approximate surface area is 99.7 Å². The summed E-state index contributed by atoms with van der Waals surface area (Å²) in [5.41, 5.74) is 2.58. The molecule has 0 unspecified atom stereocenters. The van der Waals surface area contributed by atoms with Crippen molar-refractivity contribution in [3.63, 3.8) is 0 Å². The van der Waals surface area contributed by atoms with Crippen molar-refractivity contribution < 1.29 is 4.21 Å². The predicted molar refractivity (Wildman–Crippen MR) is 68.5 cm³/mol. The second-order valence-corrected chi connectivity index (χ2v) is 6.19. The molecule has 0 saturated carbocycles. The highest BCUT2D eigenvalue weighted by atomic mass is 32.2. The molecule has 6 heteroatoms. The van der Waals surface area contributed by atoms with Crippen LogP contribution in [0.2, 0.25) is 0 Å². The third-order valence-corrected chi connectivity index (χ3v) is 3.86. The van der Waals surface area contributed by atoms with E-state index < -0.39 is 10.8 Å². The van der Waals surface area contributed by atoms with E-state index in [-0.39, 0.29) is 0 Å². The van der Waals surface area contributed by atoms with Crippen LogP contribution in [-0.4, -0.2) is 34.3 Å². The zero-order valence-corrected chi connectivity index (χ0v) is 10.8. The van der Waals surface area contributed by atoms with E-state index >= 15 is 0 Å². The normalized spacial score (nSPS) is 26.9. The largest absolute Gasteiger partial charge is 0.353 e. The molecule has 0 radical (unpaired) electrons. The van der Waals surface area contributed by atoms with Gasteiger partial charge in [0.15, 0.2) is 0 Å². The van der Waals surface area contributed by atoms with E-state index in [2.05, 4.69) is 29.6 Å².